The van der Waals surface area contributed by atoms with E-state index in [0.29, 0.717) is 72.1 Å². The minimum atomic E-state index is -1.26. The van der Waals surface area contributed by atoms with E-state index < -0.39 is 11.4 Å². The number of nitrogens with one attached hydrogen (secondary N) is 2. The summed E-state index contributed by atoms with van der Waals surface area (Å²) in [6, 6.07) is 0.473. The van der Waals surface area contributed by atoms with Gasteiger partial charge in [0.2, 0.25) is 5.91 Å². The molecule has 0 aromatic heterocycles. The van der Waals surface area contributed by atoms with Gasteiger partial charge in [-0.3, -0.25) is 4.79 Å². The van der Waals surface area contributed by atoms with E-state index in [1.165, 1.54) is 0 Å². The van der Waals surface area contributed by atoms with Crippen molar-refractivity contribution in [1.29, 1.82) is 0 Å². The SMILES string of the molecule is CC(C)NCCOCCOCCOCCOCCOCCOCC(F)CNC(=O)C(C)S. The molecule has 0 rings (SSSR count). The molecule has 0 saturated carbocycles. The van der Waals surface area contributed by atoms with Crippen molar-refractivity contribution in [2.75, 3.05) is 92.4 Å². The summed E-state index contributed by atoms with van der Waals surface area (Å²) in [6.07, 6.45) is -1.26. The van der Waals surface area contributed by atoms with Gasteiger partial charge in [0.1, 0.15) is 6.17 Å². The van der Waals surface area contributed by atoms with Gasteiger partial charge in [-0.1, -0.05) is 13.8 Å². The van der Waals surface area contributed by atoms with Gasteiger partial charge in [-0.2, -0.15) is 12.6 Å². The fraction of sp³-hybridized carbons (Fsp3) is 0.952. The van der Waals surface area contributed by atoms with Crippen LogP contribution in [0.4, 0.5) is 4.39 Å². The second-order valence-electron chi connectivity index (χ2n) is 7.26. The van der Waals surface area contributed by atoms with Crippen LogP contribution in [-0.2, 0) is 33.2 Å². The average Bonchev–Trinajstić information content (AvgIpc) is 2.75. The van der Waals surface area contributed by atoms with Gasteiger partial charge < -0.3 is 39.1 Å². The lowest BCUT2D eigenvalue weighted by atomic mass is 10.3. The summed E-state index contributed by atoms with van der Waals surface area (Å²) in [5.74, 6) is -0.301. The van der Waals surface area contributed by atoms with E-state index in [2.05, 4.69) is 37.1 Å². The largest absolute Gasteiger partial charge is 0.378 e. The predicted molar refractivity (Wildman–Crippen MR) is 124 cm³/mol. The summed E-state index contributed by atoms with van der Waals surface area (Å²) in [4.78, 5) is 11.3. The van der Waals surface area contributed by atoms with Gasteiger partial charge in [0.05, 0.1) is 91.1 Å². The second-order valence-corrected chi connectivity index (χ2v) is 8.04. The topological polar surface area (TPSA) is 96.5 Å². The zero-order chi connectivity index (χ0) is 23.9. The number of rotatable bonds is 24. The second kappa shape index (κ2) is 23.6. The molecule has 9 nitrogen and oxygen atoms in total. The van der Waals surface area contributed by atoms with Crippen LogP contribution in [0.15, 0.2) is 0 Å². The van der Waals surface area contributed by atoms with Gasteiger partial charge in [0.15, 0.2) is 0 Å². The monoisotopic (exact) mass is 486 g/mol. The minimum absolute atomic E-state index is 0.0858. The fourth-order valence-electron chi connectivity index (χ4n) is 2.15. The van der Waals surface area contributed by atoms with Crippen LogP contribution >= 0.6 is 12.6 Å². The van der Waals surface area contributed by atoms with Gasteiger partial charge in [-0.05, 0) is 6.92 Å². The third-order valence-corrected chi connectivity index (χ3v) is 4.07. The predicted octanol–water partition coefficient (Wildman–Crippen LogP) is 0.857. The van der Waals surface area contributed by atoms with Crippen LogP contribution in [0, 0.1) is 0 Å². The first-order chi connectivity index (χ1) is 15.4. The quantitative estimate of drug-likeness (QED) is 0.137. The molecule has 11 heteroatoms. The van der Waals surface area contributed by atoms with E-state index in [9.17, 15) is 9.18 Å². The summed E-state index contributed by atoms with van der Waals surface area (Å²) in [7, 11) is 0. The molecule has 0 bridgehead atoms. The maximum Gasteiger partial charge on any atom is 0.232 e. The van der Waals surface area contributed by atoms with E-state index in [1.807, 2.05) is 0 Å². The molecule has 0 spiro atoms. The molecule has 2 unspecified atom stereocenters. The molecule has 32 heavy (non-hydrogen) atoms. The van der Waals surface area contributed by atoms with Crippen LogP contribution < -0.4 is 10.6 Å². The Kier molecular flexibility index (Phi) is 23.2. The Morgan fingerprint density at radius 2 is 1.16 bits per heavy atom. The number of alkyl halides is 1. The van der Waals surface area contributed by atoms with Crippen LogP contribution in [0.2, 0.25) is 0 Å². The molecule has 0 aromatic rings. The standard InChI is InChI=1S/C21H43FN2O7S/c1-18(2)23-4-5-26-6-7-27-8-9-28-10-11-29-12-13-30-14-15-31-17-20(22)16-24-21(25)19(3)32/h18-20,23,32H,4-17H2,1-3H3,(H,24,25). The first-order valence-corrected chi connectivity index (χ1v) is 11.7. The van der Waals surface area contributed by atoms with Gasteiger partial charge in [-0.25, -0.2) is 4.39 Å². The molecule has 2 N–H and O–H groups in total. The molecule has 0 aliphatic rings. The molecule has 0 aliphatic heterocycles. The van der Waals surface area contributed by atoms with Crippen molar-refractivity contribution in [3.05, 3.63) is 0 Å². The zero-order valence-corrected chi connectivity index (χ0v) is 20.7. The Hall–Kier alpha value is -0.530. The zero-order valence-electron chi connectivity index (χ0n) is 19.8. The third kappa shape index (κ3) is 24.1. The van der Waals surface area contributed by atoms with Crippen LogP contribution in [0.25, 0.3) is 0 Å². The molecular weight excluding hydrogens is 443 g/mol. The van der Waals surface area contributed by atoms with Gasteiger partial charge in [0.25, 0.3) is 0 Å². The first-order valence-electron chi connectivity index (χ1n) is 11.2. The van der Waals surface area contributed by atoms with Crippen LogP contribution in [0.1, 0.15) is 20.8 Å². The van der Waals surface area contributed by atoms with E-state index in [1.54, 1.807) is 6.92 Å². The van der Waals surface area contributed by atoms with Gasteiger partial charge >= 0.3 is 0 Å². The maximum absolute atomic E-state index is 13.5. The highest BCUT2D eigenvalue weighted by Crippen LogP contribution is 1.95. The summed E-state index contributed by atoms with van der Waals surface area (Å²) in [6.45, 7) is 11.8. The molecule has 0 saturated heterocycles. The minimum Gasteiger partial charge on any atom is -0.378 e. The fourth-order valence-corrected chi connectivity index (χ4v) is 2.24. The number of hydrogen-bond acceptors (Lipinski definition) is 9. The smallest absolute Gasteiger partial charge is 0.232 e. The van der Waals surface area contributed by atoms with Crippen molar-refractivity contribution in [1.82, 2.24) is 10.6 Å². The number of thiol groups is 1. The maximum atomic E-state index is 13.5. The Morgan fingerprint density at radius 1 is 0.750 bits per heavy atom. The molecule has 0 aromatic carbocycles. The van der Waals surface area contributed by atoms with Crippen molar-refractivity contribution < 1.29 is 37.6 Å². The Morgan fingerprint density at radius 3 is 1.56 bits per heavy atom. The van der Waals surface area contributed by atoms with Crippen molar-refractivity contribution >= 4 is 18.5 Å². The van der Waals surface area contributed by atoms with Crippen molar-refractivity contribution in [3.63, 3.8) is 0 Å². The molecular formula is C21H43FN2O7S. The number of carbonyl (C=O) groups excluding carboxylic acids is 1. The number of halogens is 1. The first kappa shape index (κ1) is 31.5. The lowest BCUT2D eigenvalue weighted by molar-refractivity contribution is -0.120. The molecule has 0 radical (unpaired) electrons. The Balaban J connectivity index is 3.15. The average molecular weight is 487 g/mol. The number of hydrogen-bond donors (Lipinski definition) is 3. The summed E-state index contributed by atoms with van der Waals surface area (Å²) < 4.78 is 45.7. The highest BCUT2D eigenvalue weighted by molar-refractivity contribution is 7.81. The molecule has 2 atom stereocenters. The van der Waals surface area contributed by atoms with Crippen LogP contribution in [0.3, 0.4) is 0 Å². The highest BCUT2D eigenvalue weighted by atomic mass is 32.1. The Bertz CT molecular complexity index is 424. The highest BCUT2D eigenvalue weighted by Gasteiger charge is 2.11. The van der Waals surface area contributed by atoms with E-state index >= 15 is 0 Å². The van der Waals surface area contributed by atoms with Crippen molar-refractivity contribution in [2.24, 2.45) is 0 Å². The molecule has 1 amide bonds. The number of carbonyl (C=O) groups is 1. The third-order valence-electron chi connectivity index (χ3n) is 3.83. The van der Waals surface area contributed by atoms with Crippen LogP contribution in [-0.4, -0.2) is 116 Å². The molecule has 192 valence electrons. The van der Waals surface area contributed by atoms with Gasteiger partial charge in [0, 0.05) is 12.6 Å². The normalized spacial score (nSPS) is 13.4. The van der Waals surface area contributed by atoms with Crippen molar-refractivity contribution in [2.45, 2.75) is 38.2 Å². The summed E-state index contributed by atoms with van der Waals surface area (Å²) in [5, 5.41) is 5.27. The lowest BCUT2D eigenvalue weighted by Gasteiger charge is -2.12. The van der Waals surface area contributed by atoms with Gasteiger partial charge in [-0.15, -0.1) is 0 Å². The lowest BCUT2D eigenvalue weighted by Crippen LogP contribution is -2.36. The number of amides is 1. The molecule has 0 heterocycles. The summed E-state index contributed by atoms with van der Waals surface area (Å²) >= 11 is 3.97. The molecule has 0 fully saturated rings. The molecule has 0 aliphatic carbocycles. The van der Waals surface area contributed by atoms with Crippen molar-refractivity contribution in [3.8, 4) is 0 Å². The summed E-state index contributed by atoms with van der Waals surface area (Å²) in [5.41, 5.74) is 0. The van der Waals surface area contributed by atoms with E-state index in [0.717, 1.165) is 6.54 Å². The van der Waals surface area contributed by atoms with Crippen LogP contribution in [0.5, 0.6) is 0 Å². The Labute approximate surface area is 197 Å². The number of ether oxygens (including phenoxy) is 6. The van der Waals surface area contributed by atoms with E-state index in [4.69, 9.17) is 28.4 Å². The van der Waals surface area contributed by atoms with E-state index in [-0.39, 0.29) is 25.7 Å².